The van der Waals surface area contributed by atoms with Gasteiger partial charge in [-0.3, -0.25) is 9.69 Å². The maximum atomic E-state index is 13.1. The summed E-state index contributed by atoms with van der Waals surface area (Å²) < 4.78 is 13.1. The fraction of sp³-hybridized carbons (Fsp3) is 0.350. The van der Waals surface area contributed by atoms with Gasteiger partial charge < -0.3 is 10.0 Å². The first kappa shape index (κ1) is 17.6. The second kappa shape index (κ2) is 7.76. The van der Waals surface area contributed by atoms with Crippen molar-refractivity contribution in [1.82, 2.24) is 9.80 Å². The highest BCUT2D eigenvalue weighted by molar-refractivity contribution is 5.95. The highest BCUT2D eigenvalue weighted by Crippen LogP contribution is 2.22. The summed E-state index contributed by atoms with van der Waals surface area (Å²) >= 11 is 0. The summed E-state index contributed by atoms with van der Waals surface area (Å²) in [5.74, 6) is -0.275. The highest BCUT2D eigenvalue weighted by Gasteiger charge is 2.27. The Hall–Kier alpha value is -2.24. The molecule has 0 saturated carbocycles. The Morgan fingerprint density at radius 2 is 1.92 bits per heavy atom. The van der Waals surface area contributed by atoms with Crippen molar-refractivity contribution in [2.24, 2.45) is 0 Å². The number of piperazine rings is 1. The Labute approximate surface area is 147 Å². The zero-order valence-corrected chi connectivity index (χ0v) is 14.4. The molecule has 0 unspecified atom stereocenters. The summed E-state index contributed by atoms with van der Waals surface area (Å²) in [7, 11) is 2.03. The van der Waals surface area contributed by atoms with Crippen molar-refractivity contribution in [3.8, 4) is 11.1 Å². The van der Waals surface area contributed by atoms with E-state index in [2.05, 4.69) is 4.90 Å². The molecule has 132 valence electrons. The molecule has 0 bridgehead atoms. The summed E-state index contributed by atoms with van der Waals surface area (Å²) in [5, 5.41) is 9.20. The second-order valence-corrected chi connectivity index (χ2v) is 6.49. The topological polar surface area (TPSA) is 43.8 Å². The Morgan fingerprint density at radius 3 is 2.64 bits per heavy atom. The molecule has 1 atom stereocenters. The molecule has 1 amide bonds. The Balaban J connectivity index is 1.78. The number of halogens is 1. The molecule has 0 spiro atoms. The lowest BCUT2D eigenvalue weighted by Gasteiger charge is -2.39. The fourth-order valence-electron chi connectivity index (χ4n) is 3.25. The number of benzene rings is 2. The van der Waals surface area contributed by atoms with Crippen LogP contribution in [0.15, 0.2) is 48.5 Å². The lowest BCUT2D eigenvalue weighted by molar-refractivity contribution is 0.0500. The minimum absolute atomic E-state index is 0.00000136. The number of amides is 1. The molecular weight excluding hydrogens is 319 g/mol. The number of aliphatic hydroxyl groups excluding tert-OH is 1. The predicted molar refractivity (Wildman–Crippen MR) is 95.9 cm³/mol. The zero-order chi connectivity index (χ0) is 17.8. The van der Waals surface area contributed by atoms with Crippen LogP contribution in [0.5, 0.6) is 0 Å². The molecule has 2 aromatic rings. The van der Waals surface area contributed by atoms with E-state index in [0.29, 0.717) is 25.1 Å². The van der Waals surface area contributed by atoms with Crippen LogP contribution in [0.3, 0.4) is 0 Å². The van der Waals surface area contributed by atoms with Crippen molar-refractivity contribution in [1.29, 1.82) is 0 Å². The van der Waals surface area contributed by atoms with Crippen LogP contribution in [-0.4, -0.2) is 60.1 Å². The number of aliphatic hydroxyl groups is 1. The molecule has 1 fully saturated rings. The summed E-state index contributed by atoms with van der Waals surface area (Å²) in [5.41, 5.74) is 2.41. The molecule has 3 rings (SSSR count). The summed E-state index contributed by atoms with van der Waals surface area (Å²) in [4.78, 5) is 16.9. The first-order valence-electron chi connectivity index (χ1n) is 8.55. The van der Waals surface area contributed by atoms with Gasteiger partial charge in [0.2, 0.25) is 0 Å². The van der Waals surface area contributed by atoms with E-state index >= 15 is 0 Å². The Bertz CT molecular complexity index is 733. The van der Waals surface area contributed by atoms with E-state index < -0.39 is 0 Å². The van der Waals surface area contributed by atoms with Crippen molar-refractivity contribution >= 4 is 5.91 Å². The van der Waals surface area contributed by atoms with E-state index in [9.17, 15) is 14.3 Å². The van der Waals surface area contributed by atoms with Gasteiger partial charge >= 0.3 is 0 Å². The molecular formula is C20H23FN2O2. The second-order valence-electron chi connectivity index (χ2n) is 6.49. The van der Waals surface area contributed by atoms with Crippen LogP contribution in [0.4, 0.5) is 4.39 Å². The monoisotopic (exact) mass is 342 g/mol. The van der Waals surface area contributed by atoms with E-state index in [1.165, 1.54) is 12.1 Å². The van der Waals surface area contributed by atoms with Crippen LogP contribution in [0.25, 0.3) is 11.1 Å². The minimum Gasteiger partial charge on any atom is -0.396 e. The van der Waals surface area contributed by atoms with Crippen LogP contribution in [-0.2, 0) is 0 Å². The van der Waals surface area contributed by atoms with Crippen molar-refractivity contribution in [2.45, 2.75) is 12.5 Å². The third-order valence-electron chi connectivity index (χ3n) is 4.81. The zero-order valence-electron chi connectivity index (χ0n) is 14.4. The average molecular weight is 342 g/mol. The Morgan fingerprint density at radius 1 is 1.16 bits per heavy atom. The van der Waals surface area contributed by atoms with E-state index in [1.807, 2.05) is 36.2 Å². The third kappa shape index (κ3) is 4.06. The van der Waals surface area contributed by atoms with Crippen LogP contribution in [0.2, 0.25) is 0 Å². The predicted octanol–water partition coefficient (Wildman–Crippen LogP) is 2.63. The van der Waals surface area contributed by atoms with E-state index in [0.717, 1.165) is 17.7 Å². The normalized spacial score (nSPS) is 18.4. The van der Waals surface area contributed by atoms with Gasteiger partial charge in [0.15, 0.2) is 0 Å². The molecule has 0 aromatic heterocycles. The molecule has 1 aliphatic rings. The molecule has 0 aliphatic carbocycles. The fourth-order valence-corrected chi connectivity index (χ4v) is 3.25. The molecule has 1 heterocycles. The van der Waals surface area contributed by atoms with Gasteiger partial charge in [-0.1, -0.05) is 24.3 Å². The van der Waals surface area contributed by atoms with Gasteiger partial charge in [-0.15, -0.1) is 0 Å². The van der Waals surface area contributed by atoms with Gasteiger partial charge in [-0.25, -0.2) is 4.39 Å². The molecule has 1 saturated heterocycles. The van der Waals surface area contributed by atoms with Crippen molar-refractivity contribution in [3.63, 3.8) is 0 Å². The van der Waals surface area contributed by atoms with Gasteiger partial charge in [0.25, 0.3) is 5.91 Å². The summed E-state index contributed by atoms with van der Waals surface area (Å²) in [6, 6.07) is 13.9. The van der Waals surface area contributed by atoms with Crippen LogP contribution >= 0.6 is 0 Å². The van der Waals surface area contributed by atoms with E-state index in [-0.39, 0.29) is 24.4 Å². The number of hydrogen-bond donors (Lipinski definition) is 1. The highest BCUT2D eigenvalue weighted by atomic mass is 19.1. The van der Waals surface area contributed by atoms with Crippen LogP contribution < -0.4 is 0 Å². The molecule has 25 heavy (non-hydrogen) atoms. The molecule has 0 radical (unpaired) electrons. The maximum Gasteiger partial charge on any atom is 0.253 e. The molecule has 4 nitrogen and oxygen atoms in total. The number of carbonyl (C=O) groups is 1. The summed E-state index contributed by atoms with van der Waals surface area (Å²) in [6.07, 6.45) is 0.663. The third-order valence-corrected chi connectivity index (χ3v) is 4.81. The van der Waals surface area contributed by atoms with Gasteiger partial charge in [-0.05, 0) is 48.9 Å². The molecule has 1 aliphatic heterocycles. The van der Waals surface area contributed by atoms with E-state index in [1.54, 1.807) is 12.1 Å². The lowest BCUT2D eigenvalue weighted by atomic mass is 10.0. The largest absolute Gasteiger partial charge is 0.396 e. The molecule has 5 heteroatoms. The standard InChI is InChI=1S/C20H23FN2O2/c1-22-10-11-23(14-19(22)9-12-24)20(25)17-4-2-3-16(13-17)15-5-7-18(21)8-6-15/h2-8,13,19,24H,9-12,14H2,1H3/t19-/m1/s1. The van der Waals surface area contributed by atoms with Crippen LogP contribution in [0, 0.1) is 5.82 Å². The number of nitrogens with zero attached hydrogens (tertiary/aromatic N) is 2. The van der Waals surface area contributed by atoms with Crippen molar-refractivity contribution < 1.29 is 14.3 Å². The Kier molecular flexibility index (Phi) is 5.46. The van der Waals surface area contributed by atoms with E-state index in [4.69, 9.17) is 0 Å². The van der Waals surface area contributed by atoms with Gasteiger partial charge in [0.05, 0.1) is 0 Å². The number of rotatable bonds is 4. The first-order chi connectivity index (χ1) is 12.1. The average Bonchev–Trinajstić information content (AvgIpc) is 2.64. The minimum atomic E-state index is -0.275. The van der Waals surface area contributed by atoms with Gasteiger partial charge in [0, 0.05) is 37.8 Å². The smallest absolute Gasteiger partial charge is 0.253 e. The van der Waals surface area contributed by atoms with Crippen LogP contribution in [0.1, 0.15) is 16.8 Å². The van der Waals surface area contributed by atoms with Crippen molar-refractivity contribution in [3.05, 3.63) is 59.9 Å². The lowest BCUT2D eigenvalue weighted by Crippen LogP contribution is -2.53. The number of carbonyl (C=O) groups excluding carboxylic acids is 1. The van der Waals surface area contributed by atoms with Gasteiger partial charge in [0.1, 0.15) is 5.82 Å². The molecule has 1 N–H and O–H groups in total. The quantitative estimate of drug-likeness (QED) is 0.929. The molecule has 2 aromatic carbocycles. The first-order valence-corrected chi connectivity index (χ1v) is 8.55. The number of hydrogen-bond acceptors (Lipinski definition) is 3. The number of likely N-dealkylation sites (N-methyl/N-ethyl adjacent to an activating group) is 1. The SMILES string of the molecule is CN1CCN(C(=O)c2cccc(-c3ccc(F)cc3)c2)C[C@H]1CCO. The summed E-state index contributed by atoms with van der Waals surface area (Å²) in [6.45, 7) is 2.22. The maximum absolute atomic E-state index is 13.1. The van der Waals surface area contributed by atoms with Crippen molar-refractivity contribution in [2.75, 3.05) is 33.3 Å². The van der Waals surface area contributed by atoms with Gasteiger partial charge in [-0.2, -0.15) is 0 Å².